The maximum atomic E-state index is 6.41. The molecule has 114 valence electrons. The van der Waals surface area contributed by atoms with Crippen LogP contribution in [0.4, 0.5) is 5.69 Å². The Morgan fingerprint density at radius 1 is 1.24 bits per heavy atom. The summed E-state index contributed by atoms with van der Waals surface area (Å²) >= 11 is 6.41. The summed E-state index contributed by atoms with van der Waals surface area (Å²) in [5.74, 6) is 1.88. The van der Waals surface area contributed by atoms with Crippen LogP contribution in [0.1, 0.15) is 30.4 Å². The van der Waals surface area contributed by atoms with Gasteiger partial charge in [-0.2, -0.15) is 0 Å². The number of furan rings is 1. The fourth-order valence-corrected chi connectivity index (χ4v) is 2.75. The van der Waals surface area contributed by atoms with Gasteiger partial charge in [0.1, 0.15) is 11.5 Å². The van der Waals surface area contributed by atoms with Gasteiger partial charge in [0, 0.05) is 13.6 Å². The lowest BCUT2D eigenvalue weighted by atomic mass is 10.1. The summed E-state index contributed by atoms with van der Waals surface area (Å²) in [7, 11) is 2.04. The molecule has 21 heavy (non-hydrogen) atoms. The van der Waals surface area contributed by atoms with E-state index in [2.05, 4.69) is 23.2 Å². The number of nitrogens with zero attached hydrogens (tertiary/aromatic N) is 1. The summed E-state index contributed by atoms with van der Waals surface area (Å²) in [6, 6.07) is 10.1. The van der Waals surface area contributed by atoms with E-state index in [1.807, 2.05) is 38.2 Å². The van der Waals surface area contributed by atoms with E-state index in [1.165, 1.54) is 5.56 Å². The molecule has 0 unspecified atom stereocenters. The SMILES string of the molecule is CCCNCc1cccc(Cl)c1N(C)Cc1ccc(C)o1. The number of hydrogen-bond donors (Lipinski definition) is 1. The molecular formula is C17H23ClN2O. The summed E-state index contributed by atoms with van der Waals surface area (Å²) in [6.07, 6.45) is 1.12. The van der Waals surface area contributed by atoms with Crippen molar-refractivity contribution < 1.29 is 4.42 Å². The van der Waals surface area contributed by atoms with Gasteiger partial charge in [-0.1, -0.05) is 30.7 Å². The molecule has 4 heteroatoms. The van der Waals surface area contributed by atoms with Crippen LogP contribution in [0.15, 0.2) is 34.7 Å². The molecule has 0 fully saturated rings. The first-order valence-corrected chi connectivity index (χ1v) is 7.74. The Labute approximate surface area is 131 Å². The minimum atomic E-state index is 0.707. The maximum absolute atomic E-state index is 6.41. The third-order valence-electron chi connectivity index (χ3n) is 3.38. The summed E-state index contributed by atoms with van der Waals surface area (Å²) in [6.45, 7) is 6.66. The number of rotatable bonds is 7. The topological polar surface area (TPSA) is 28.4 Å². The normalized spacial score (nSPS) is 10.9. The van der Waals surface area contributed by atoms with Crippen LogP contribution in [0.3, 0.4) is 0 Å². The maximum Gasteiger partial charge on any atom is 0.123 e. The molecule has 0 aliphatic carbocycles. The molecule has 0 saturated carbocycles. The highest BCUT2D eigenvalue weighted by molar-refractivity contribution is 6.33. The Bertz CT molecular complexity index is 580. The van der Waals surface area contributed by atoms with Crippen molar-refractivity contribution in [3.8, 4) is 0 Å². The molecule has 1 N–H and O–H groups in total. The van der Waals surface area contributed by atoms with Gasteiger partial charge in [-0.15, -0.1) is 0 Å². The lowest BCUT2D eigenvalue weighted by molar-refractivity contribution is 0.481. The van der Waals surface area contributed by atoms with Gasteiger partial charge in [-0.25, -0.2) is 0 Å². The van der Waals surface area contributed by atoms with Crippen LogP contribution >= 0.6 is 11.6 Å². The van der Waals surface area contributed by atoms with Crippen LogP contribution in [-0.4, -0.2) is 13.6 Å². The van der Waals surface area contributed by atoms with Crippen molar-refractivity contribution in [2.24, 2.45) is 0 Å². The van der Waals surface area contributed by atoms with E-state index < -0.39 is 0 Å². The Morgan fingerprint density at radius 2 is 2.05 bits per heavy atom. The predicted octanol–water partition coefficient (Wildman–Crippen LogP) is 4.38. The van der Waals surface area contributed by atoms with Crippen LogP contribution in [0.2, 0.25) is 5.02 Å². The smallest absolute Gasteiger partial charge is 0.123 e. The van der Waals surface area contributed by atoms with Gasteiger partial charge in [0.15, 0.2) is 0 Å². The average molecular weight is 307 g/mol. The zero-order valence-electron chi connectivity index (χ0n) is 12.9. The first-order valence-electron chi connectivity index (χ1n) is 7.36. The summed E-state index contributed by atoms with van der Waals surface area (Å²) < 4.78 is 5.65. The molecule has 0 atom stereocenters. The standard InChI is InChI=1S/C17H23ClN2O/c1-4-10-19-11-14-6-5-7-16(18)17(14)20(3)12-15-9-8-13(2)21-15/h5-9,19H,4,10-12H2,1-3H3. The molecule has 0 bridgehead atoms. The quantitative estimate of drug-likeness (QED) is 0.770. The Balaban J connectivity index is 2.16. The Hall–Kier alpha value is -1.45. The fourth-order valence-electron chi connectivity index (χ4n) is 2.41. The van der Waals surface area contributed by atoms with E-state index in [0.29, 0.717) is 6.54 Å². The third kappa shape index (κ3) is 4.26. The van der Waals surface area contributed by atoms with Crippen LogP contribution in [0.5, 0.6) is 0 Å². The molecule has 2 rings (SSSR count). The third-order valence-corrected chi connectivity index (χ3v) is 3.69. The van der Waals surface area contributed by atoms with Crippen molar-refractivity contribution >= 4 is 17.3 Å². The minimum absolute atomic E-state index is 0.707. The molecule has 0 aliphatic heterocycles. The molecule has 0 radical (unpaired) electrons. The number of aryl methyl sites for hydroxylation is 1. The molecule has 0 aliphatic rings. The van der Waals surface area contributed by atoms with Crippen LogP contribution < -0.4 is 10.2 Å². The predicted molar refractivity (Wildman–Crippen MR) is 89.0 cm³/mol. The number of benzene rings is 1. The number of para-hydroxylation sites is 1. The summed E-state index contributed by atoms with van der Waals surface area (Å²) in [5.41, 5.74) is 2.28. The van der Waals surface area contributed by atoms with Gasteiger partial charge in [0.25, 0.3) is 0 Å². The lowest BCUT2D eigenvalue weighted by Crippen LogP contribution is -2.21. The van der Waals surface area contributed by atoms with Gasteiger partial charge >= 0.3 is 0 Å². The van der Waals surface area contributed by atoms with Crippen LogP contribution in [-0.2, 0) is 13.1 Å². The van der Waals surface area contributed by atoms with Gasteiger partial charge in [-0.05, 0) is 43.7 Å². The zero-order valence-corrected chi connectivity index (χ0v) is 13.7. The van der Waals surface area contributed by atoms with Gasteiger partial charge in [-0.3, -0.25) is 0 Å². The molecule has 0 saturated heterocycles. The highest BCUT2D eigenvalue weighted by atomic mass is 35.5. The van der Waals surface area contributed by atoms with E-state index in [9.17, 15) is 0 Å². The molecule has 0 amide bonds. The molecule has 1 heterocycles. The average Bonchev–Trinajstić information content (AvgIpc) is 2.84. The second-order valence-electron chi connectivity index (χ2n) is 5.29. The zero-order chi connectivity index (χ0) is 15.2. The summed E-state index contributed by atoms with van der Waals surface area (Å²) in [4.78, 5) is 2.14. The second kappa shape index (κ2) is 7.53. The molecule has 2 aromatic rings. The van der Waals surface area contributed by atoms with E-state index in [-0.39, 0.29) is 0 Å². The highest BCUT2D eigenvalue weighted by Crippen LogP contribution is 2.30. The highest BCUT2D eigenvalue weighted by Gasteiger charge is 2.13. The van der Waals surface area contributed by atoms with E-state index in [4.69, 9.17) is 16.0 Å². The summed E-state index contributed by atoms with van der Waals surface area (Å²) in [5, 5.41) is 4.21. The molecule has 3 nitrogen and oxygen atoms in total. The van der Waals surface area contributed by atoms with Crippen LogP contribution in [0, 0.1) is 6.92 Å². The van der Waals surface area contributed by atoms with Crippen molar-refractivity contribution in [3.05, 3.63) is 52.4 Å². The van der Waals surface area contributed by atoms with Crippen molar-refractivity contribution in [3.63, 3.8) is 0 Å². The van der Waals surface area contributed by atoms with Gasteiger partial charge in [0.2, 0.25) is 0 Å². The molecular weight excluding hydrogens is 284 g/mol. The van der Waals surface area contributed by atoms with E-state index in [0.717, 1.165) is 41.7 Å². The largest absolute Gasteiger partial charge is 0.464 e. The van der Waals surface area contributed by atoms with Gasteiger partial charge in [0.05, 0.1) is 17.3 Å². The first-order chi connectivity index (χ1) is 10.1. The monoisotopic (exact) mass is 306 g/mol. The second-order valence-corrected chi connectivity index (χ2v) is 5.70. The van der Waals surface area contributed by atoms with Gasteiger partial charge < -0.3 is 14.6 Å². The fraction of sp³-hybridized carbons (Fsp3) is 0.412. The van der Waals surface area contributed by atoms with E-state index in [1.54, 1.807) is 0 Å². The minimum Gasteiger partial charge on any atom is -0.464 e. The van der Waals surface area contributed by atoms with Crippen molar-refractivity contribution in [2.45, 2.75) is 33.4 Å². The van der Waals surface area contributed by atoms with Crippen molar-refractivity contribution in [1.82, 2.24) is 5.32 Å². The first kappa shape index (κ1) is 15.9. The number of halogens is 1. The molecule has 1 aromatic heterocycles. The Morgan fingerprint density at radius 3 is 2.71 bits per heavy atom. The lowest BCUT2D eigenvalue weighted by Gasteiger charge is -2.23. The molecule has 0 spiro atoms. The number of nitrogens with one attached hydrogen (secondary N) is 1. The number of anilines is 1. The van der Waals surface area contributed by atoms with Crippen LogP contribution in [0.25, 0.3) is 0 Å². The molecule has 1 aromatic carbocycles. The van der Waals surface area contributed by atoms with Crippen molar-refractivity contribution in [2.75, 3.05) is 18.5 Å². The van der Waals surface area contributed by atoms with E-state index >= 15 is 0 Å². The number of hydrogen-bond acceptors (Lipinski definition) is 3. The Kier molecular flexibility index (Phi) is 5.71. The van der Waals surface area contributed by atoms with Crippen molar-refractivity contribution in [1.29, 1.82) is 0 Å².